The van der Waals surface area contributed by atoms with E-state index in [0.29, 0.717) is 5.88 Å². The minimum Gasteiger partial charge on any atom is -0.437 e. The largest absolute Gasteiger partial charge is 0.437 e. The Morgan fingerprint density at radius 1 is 1.27 bits per heavy atom. The maximum Gasteiger partial charge on any atom is 0.238 e. The van der Waals surface area contributed by atoms with E-state index in [1.807, 2.05) is 25.1 Å². The van der Waals surface area contributed by atoms with Crippen LogP contribution in [0.3, 0.4) is 0 Å². The Hall–Kier alpha value is -1.42. The van der Waals surface area contributed by atoms with E-state index < -0.39 is 0 Å². The van der Waals surface area contributed by atoms with Crippen LogP contribution in [0.5, 0.6) is 11.6 Å². The number of benzene rings is 1. The van der Waals surface area contributed by atoms with Gasteiger partial charge in [-0.25, -0.2) is 0 Å². The normalized spacial score (nSPS) is 10.0. The van der Waals surface area contributed by atoms with Crippen molar-refractivity contribution in [1.29, 1.82) is 0 Å². The van der Waals surface area contributed by atoms with Crippen LogP contribution in [0, 0.1) is 6.92 Å². The average Bonchev–Trinajstić information content (AvgIpc) is 2.24. The van der Waals surface area contributed by atoms with Gasteiger partial charge in [0.15, 0.2) is 0 Å². The van der Waals surface area contributed by atoms with Crippen molar-refractivity contribution >= 4 is 15.9 Å². The highest BCUT2D eigenvalue weighted by atomic mass is 79.9. The Morgan fingerprint density at radius 3 is 2.80 bits per heavy atom. The van der Waals surface area contributed by atoms with Crippen molar-refractivity contribution in [3.63, 3.8) is 0 Å². The molecule has 0 saturated carbocycles. The van der Waals surface area contributed by atoms with Crippen molar-refractivity contribution < 1.29 is 4.74 Å². The lowest BCUT2D eigenvalue weighted by Gasteiger charge is -2.06. The van der Waals surface area contributed by atoms with E-state index in [4.69, 9.17) is 4.74 Å². The van der Waals surface area contributed by atoms with Crippen LogP contribution >= 0.6 is 15.9 Å². The molecule has 2 rings (SSSR count). The molecule has 0 saturated heterocycles. The Balaban J connectivity index is 2.25. The molecular formula is C11H9BrN2O. The number of ether oxygens (including phenoxy) is 1. The first-order valence-corrected chi connectivity index (χ1v) is 5.27. The van der Waals surface area contributed by atoms with Crippen LogP contribution in [-0.2, 0) is 0 Å². The van der Waals surface area contributed by atoms with Gasteiger partial charge in [0.05, 0.1) is 0 Å². The van der Waals surface area contributed by atoms with E-state index >= 15 is 0 Å². The zero-order valence-corrected chi connectivity index (χ0v) is 9.73. The molecule has 1 aromatic heterocycles. The van der Waals surface area contributed by atoms with E-state index in [1.165, 1.54) is 0 Å². The van der Waals surface area contributed by atoms with Crippen LogP contribution in [0.4, 0.5) is 0 Å². The molecule has 0 unspecified atom stereocenters. The third kappa shape index (κ3) is 2.53. The Labute approximate surface area is 96.2 Å². The van der Waals surface area contributed by atoms with Crippen LogP contribution in [0.25, 0.3) is 0 Å². The minimum atomic E-state index is 0.503. The predicted octanol–water partition coefficient (Wildman–Crippen LogP) is 3.34. The quantitative estimate of drug-likeness (QED) is 0.835. The van der Waals surface area contributed by atoms with E-state index in [0.717, 1.165) is 15.8 Å². The standard InChI is InChI=1S/C11H9BrN2O/c1-8-7-9(12)4-5-10(8)15-11-3-2-6-13-14-11/h2-7H,1H3. The van der Waals surface area contributed by atoms with Gasteiger partial charge in [0.2, 0.25) is 5.88 Å². The molecule has 0 bridgehead atoms. The van der Waals surface area contributed by atoms with Crippen molar-refractivity contribution in [3.8, 4) is 11.6 Å². The fourth-order valence-electron chi connectivity index (χ4n) is 1.18. The van der Waals surface area contributed by atoms with Gasteiger partial charge in [0.25, 0.3) is 0 Å². The van der Waals surface area contributed by atoms with Crippen LogP contribution in [0.15, 0.2) is 41.0 Å². The number of aromatic nitrogens is 2. The van der Waals surface area contributed by atoms with Gasteiger partial charge in [-0.15, -0.1) is 5.10 Å². The summed E-state index contributed by atoms with van der Waals surface area (Å²) < 4.78 is 6.60. The molecule has 0 aliphatic heterocycles. The van der Waals surface area contributed by atoms with Gasteiger partial charge in [0.1, 0.15) is 5.75 Å². The Morgan fingerprint density at radius 2 is 2.13 bits per heavy atom. The van der Waals surface area contributed by atoms with Gasteiger partial charge in [0, 0.05) is 16.7 Å². The lowest BCUT2D eigenvalue weighted by molar-refractivity contribution is 0.452. The number of nitrogens with zero attached hydrogens (tertiary/aromatic N) is 2. The molecule has 0 amide bonds. The average molecular weight is 265 g/mol. The van der Waals surface area contributed by atoms with Crippen LogP contribution in [0.2, 0.25) is 0 Å². The summed E-state index contributed by atoms with van der Waals surface area (Å²) in [7, 11) is 0. The number of hydrogen-bond donors (Lipinski definition) is 0. The number of rotatable bonds is 2. The second-order valence-corrected chi connectivity index (χ2v) is 3.99. The Bertz CT molecular complexity index is 459. The molecule has 0 fully saturated rings. The molecule has 0 radical (unpaired) electrons. The van der Waals surface area contributed by atoms with Gasteiger partial charge in [-0.05, 0) is 36.8 Å². The summed E-state index contributed by atoms with van der Waals surface area (Å²) in [5, 5.41) is 7.60. The topological polar surface area (TPSA) is 35.0 Å². The zero-order valence-electron chi connectivity index (χ0n) is 8.14. The van der Waals surface area contributed by atoms with Gasteiger partial charge < -0.3 is 4.74 Å². The van der Waals surface area contributed by atoms with Crippen molar-refractivity contribution in [2.75, 3.05) is 0 Å². The summed E-state index contributed by atoms with van der Waals surface area (Å²) >= 11 is 3.40. The van der Waals surface area contributed by atoms with Gasteiger partial charge in [-0.3, -0.25) is 0 Å². The van der Waals surface area contributed by atoms with E-state index in [9.17, 15) is 0 Å². The highest BCUT2D eigenvalue weighted by molar-refractivity contribution is 9.10. The first-order chi connectivity index (χ1) is 7.25. The van der Waals surface area contributed by atoms with Crippen LogP contribution < -0.4 is 4.74 Å². The number of hydrogen-bond acceptors (Lipinski definition) is 3. The molecule has 0 aliphatic rings. The summed E-state index contributed by atoms with van der Waals surface area (Å²) in [6, 6.07) is 9.38. The molecule has 3 nitrogen and oxygen atoms in total. The third-order valence-electron chi connectivity index (χ3n) is 1.90. The van der Waals surface area contributed by atoms with Gasteiger partial charge >= 0.3 is 0 Å². The number of halogens is 1. The van der Waals surface area contributed by atoms with Crippen molar-refractivity contribution in [2.45, 2.75) is 6.92 Å². The molecule has 4 heteroatoms. The van der Waals surface area contributed by atoms with Crippen LogP contribution in [-0.4, -0.2) is 10.2 Å². The molecule has 2 aromatic rings. The summed E-state index contributed by atoms with van der Waals surface area (Å²) in [6.45, 7) is 1.98. The highest BCUT2D eigenvalue weighted by Crippen LogP contribution is 2.25. The maximum absolute atomic E-state index is 5.57. The lowest BCUT2D eigenvalue weighted by Crippen LogP contribution is -1.91. The molecular weight excluding hydrogens is 256 g/mol. The Kier molecular flexibility index (Phi) is 2.97. The van der Waals surface area contributed by atoms with E-state index in [2.05, 4.69) is 26.1 Å². The molecule has 0 N–H and O–H groups in total. The van der Waals surface area contributed by atoms with Crippen molar-refractivity contribution in [2.24, 2.45) is 0 Å². The molecule has 0 spiro atoms. The fourth-order valence-corrected chi connectivity index (χ4v) is 1.66. The maximum atomic E-state index is 5.57. The van der Waals surface area contributed by atoms with E-state index in [1.54, 1.807) is 18.3 Å². The van der Waals surface area contributed by atoms with Gasteiger partial charge in [-0.1, -0.05) is 15.9 Å². The second-order valence-electron chi connectivity index (χ2n) is 3.07. The zero-order chi connectivity index (χ0) is 10.7. The second kappa shape index (κ2) is 4.40. The SMILES string of the molecule is Cc1cc(Br)ccc1Oc1cccnn1. The van der Waals surface area contributed by atoms with Crippen molar-refractivity contribution in [3.05, 3.63) is 46.6 Å². The van der Waals surface area contributed by atoms with Gasteiger partial charge in [-0.2, -0.15) is 5.10 Å². The molecule has 0 aliphatic carbocycles. The highest BCUT2D eigenvalue weighted by Gasteiger charge is 2.02. The lowest BCUT2D eigenvalue weighted by atomic mass is 10.2. The summed E-state index contributed by atoms with van der Waals surface area (Å²) in [5.74, 6) is 1.29. The summed E-state index contributed by atoms with van der Waals surface area (Å²) in [5.41, 5.74) is 1.05. The summed E-state index contributed by atoms with van der Waals surface area (Å²) in [4.78, 5) is 0. The van der Waals surface area contributed by atoms with E-state index in [-0.39, 0.29) is 0 Å². The first-order valence-electron chi connectivity index (χ1n) is 4.47. The molecule has 1 heterocycles. The third-order valence-corrected chi connectivity index (χ3v) is 2.39. The summed E-state index contributed by atoms with van der Waals surface area (Å²) in [6.07, 6.45) is 1.61. The molecule has 76 valence electrons. The molecule has 15 heavy (non-hydrogen) atoms. The molecule has 0 atom stereocenters. The minimum absolute atomic E-state index is 0.503. The fraction of sp³-hybridized carbons (Fsp3) is 0.0909. The predicted molar refractivity (Wildman–Crippen MR) is 61.0 cm³/mol. The first kappa shape index (κ1) is 10.1. The van der Waals surface area contributed by atoms with Crippen LogP contribution in [0.1, 0.15) is 5.56 Å². The number of aryl methyl sites for hydroxylation is 1. The monoisotopic (exact) mass is 264 g/mol. The molecule has 1 aromatic carbocycles. The smallest absolute Gasteiger partial charge is 0.238 e. The van der Waals surface area contributed by atoms with Crippen molar-refractivity contribution in [1.82, 2.24) is 10.2 Å².